The highest BCUT2D eigenvalue weighted by Gasteiger charge is 2.14. The Labute approximate surface area is 102 Å². The number of nitrogens with zero attached hydrogens (tertiary/aromatic N) is 1. The van der Waals surface area contributed by atoms with Crippen LogP contribution >= 0.6 is 0 Å². The molecular formula is C14H17NO2. The molecule has 1 aliphatic rings. The van der Waals surface area contributed by atoms with E-state index >= 15 is 0 Å². The van der Waals surface area contributed by atoms with Crippen LogP contribution in [0.5, 0.6) is 5.75 Å². The molecule has 1 saturated heterocycles. The SMILES string of the molecule is Cc1cc(OCC2CCCCO2)ccc1C#N. The lowest BCUT2D eigenvalue weighted by Gasteiger charge is -2.22. The molecule has 0 bridgehead atoms. The third-order valence-electron chi connectivity index (χ3n) is 3.03. The second-order valence-electron chi connectivity index (χ2n) is 4.39. The first-order valence-corrected chi connectivity index (χ1v) is 6.05. The van der Waals surface area contributed by atoms with Crippen molar-refractivity contribution in [1.29, 1.82) is 5.26 Å². The summed E-state index contributed by atoms with van der Waals surface area (Å²) in [5, 5.41) is 8.83. The van der Waals surface area contributed by atoms with Gasteiger partial charge in [-0.15, -0.1) is 0 Å². The number of hydrogen-bond donors (Lipinski definition) is 0. The van der Waals surface area contributed by atoms with Crippen LogP contribution in [0.15, 0.2) is 18.2 Å². The van der Waals surface area contributed by atoms with Crippen molar-refractivity contribution >= 4 is 0 Å². The van der Waals surface area contributed by atoms with Crippen molar-refractivity contribution in [3.05, 3.63) is 29.3 Å². The minimum absolute atomic E-state index is 0.222. The van der Waals surface area contributed by atoms with Crippen LogP contribution in [-0.2, 0) is 4.74 Å². The molecule has 90 valence electrons. The molecule has 0 amide bonds. The molecule has 1 unspecified atom stereocenters. The average molecular weight is 231 g/mol. The van der Waals surface area contributed by atoms with Gasteiger partial charge in [-0.25, -0.2) is 0 Å². The molecule has 1 aromatic carbocycles. The molecule has 0 aromatic heterocycles. The van der Waals surface area contributed by atoms with E-state index < -0.39 is 0 Å². The van der Waals surface area contributed by atoms with Crippen LogP contribution in [0.1, 0.15) is 30.4 Å². The summed E-state index contributed by atoms with van der Waals surface area (Å²) in [6, 6.07) is 7.69. The first-order chi connectivity index (χ1) is 8.29. The number of aryl methyl sites for hydroxylation is 1. The molecule has 1 heterocycles. The van der Waals surface area contributed by atoms with E-state index in [1.165, 1.54) is 6.42 Å². The van der Waals surface area contributed by atoms with Gasteiger partial charge in [0.1, 0.15) is 12.4 Å². The zero-order chi connectivity index (χ0) is 12.1. The van der Waals surface area contributed by atoms with Gasteiger partial charge in [0.2, 0.25) is 0 Å². The second-order valence-corrected chi connectivity index (χ2v) is 4.39. The van der Waals surface area contributed by atoms with Crippen molar-refractivity contribution in [2.24, 2.45) is 0 Å². The maximum atomic E-state index is 8.83. The fraction of sp³-hybridized carbons (Fsp3) is 0.500. The van der Waals surface area contributed by atoms with Crippen LogP contribution in [0.2, 0.25) is 0 Å². The Morgan fingerprint density at radius 3 is 3.00 bits per heavy atom. The summed E-state index contributed by atoms with van der Waals surface area (Å²) in [6.45, 7) is 3.37. The molecule has 1 aliphatic heterocycles. The second kappa shape index (κ2) is 5.70. The minimum atomic E-state index is 0.222. The monoisotopic (exact) mass is 231 g/mol. The van der Waals surface area contributed by atoms with Crippen LogP contribution < -0.4 is 4.74 Å². The highest BCUT2D eigenvalue weighted by atomic mass is 16.5. The van der Waals surface area contributed by atoms with E-state index in [0.717, 1.165) is 30.8 Å². The van der Waals surface area contributed by atoms with Crippen molar-refractivity contribution in [2.45, 2.75) is 32.3 Å². The van der Waals surface area contributed by atoms with E-state index in [1.54, 1.807) is 6.07 Å². The van der Waals surface area contributed by atoms with E-state index in [9.17, 15) is 0 Å². The van der Waals surface area contributed by atoms with Crippen molar-refractivity contribution in [1.82, 2.24) is 0 Å². The summed E-state index contributed by atoms with van der Waals surface area (Å²) in [6.07, 6.45) is 3.68. The van der Waals surface area contributed by atoms with E-state index in [-0.39, 0.29) is 6.10 Å². The summed E-state index contributed by atoms with van der Waals surface area (Å²) < 4.78 is 11.3. The zero-order valence-electron chi connectivity index (χ0n) is 10.1. The molecule has 17 heavy (non-hydrogen) atoms. The van der Waals surface area contributed by atoms with E-state index in [0.29, 0.717) is 12.2 Å². The number of hydrogen-bond acceptors (Lipinski definition) is 3. The maximum absolute atomic E-state index is 8.83. The summed E-state index contributed by atoms with van der Waals surface area (Å²) in [4.78, 5) is 0. The molecule has 0 aliphatic carbocycles. The topological polar surface area (TPSA) is 42.2 Å². The predicted molar refractivity (Wildman–Crippen MR) is 65.0 cm³/mol. The molecule has 0 spiro atoms. The van der Waals surface area contributed by atoms with E-state index in [1.807, 2.05) is 19.1 Å². The first-order valence-electron chi connectivity index (χ1n) is 6.05. The number of benzene rings is 1. The summed E-state index contributed by atoms with van der Waals surface area (Å²) in [7, 11) is 0. The molecular weight excluding hydrogens is 214 g/mol. The van der Waals surface area contributed by atoms with Gasteiger partial charge in [-0.05, 0) is 49.9 Å². The van der Waals surface area contributed by atoms with Crippen molar-refractivity contribution in [2.75, 3.05) is 13.2 Å². The molecule has 2 rings (SSSR count). The zero-order valence-corrected chi connectivity index (χ0v) is 10.1. The Kier molecular flexibility index (Phi) is 4.00. The van der Waals surface area contributed by atoms with Gasteiger partial charge in [-0.1, -0.05) is 0 Å². The van der Waals surface area contributed by atoms with Crippen LogP contribution in [0.3, 0.4) is 0 Å². The molecule has 3 nitrogen and oxygen atoms in total. The van der Waals surface area contributed by atoms with Gasteiger partial charge >= 0.3 is 0 Å². The summed E-state index contributed by atoms with van der Waals surface area (Å²) in [5.74, 6) is 0.815. The molecule has 0 N–H and O–H groups in total. The Balaban J connectivity index is 1.90. The number of rotatable bonds is 3. The Morgan fingerprint density at radius 2 is 2.35 bits per heavy atom. The molecule has 1 aromatic rings. The quantitative estimate of drug-likeness (QED) is 0.803. The summed E-state index contributed by atoms with van der Waals surface area (Å²) in [5.41, 5.74) is 1.65. The van der Waals surface area contributed by atoms with Gasteiger partial charge in [0, 0.05) is 6.61 Å². The van der Waals surface area contributed by atoms with Crippen LogP contribution in [-0.4, -0.2) is 19.3 Å². The minimum Gasteiger partial charge on any atom is -0.491 e. The lowest BCUT2D eigenvalue weighted by atomic mass is 10.1. The largest absolute Gasteiger partial charge is 0.491 e. The molecule has 1 fully saturated rings. The average Bonchev–Trinajstić information content (AvgIpc) is 2.38. The Morgan fingerprint density at radius 1 is 1.47 bits per heavy atom. The molecule has 1 atom stereocenters. The van der Waals surface area contributed by atoms with Gasteiger partial charge in [0.25, 0.3) is 0 Å². The smallest absolute Gasteiger partial charge is 0.119 e. The fourth-order valence-corrected chi connectivity index (χ4v) is 1.98. The van der Waals surface area contributed by atoms with Crippen LogP contribution in [0, 0.1) is 18.3 Å². The molecule has 3 heteroatoms. The third-order valence-corrected chi connectivity index (χ3v) is 3.03. The highest BCUT2D eigenvalue weighted by molar-refractivity contribution is 5.41. The summed E-state index contributed by atoms with van der Waals surface area (Å²) >= 11 is 0. The Bertz CT molecular complexity index is 417. The number of nitriles is 1. The van der Waals surface area contributed by atoms with E-state index in [4.69, 9.17) is 14.7 Å². The number of ether oxygens (including phenoxy) is 2. The van der Waals surface area contributed by atoms with Gasteiger partial charge in [0.15, 0.2) is 0 Å². The predicted octanol–water partition coefficient (Wildman–Crippen LogP) is 2.81. The molecule has 0 radical (unpaired) electrons. The van der Waals surface area contributed by atoms with E-state index in [2.05, 4.69) is 6.07 Å². The third kappa shape index (κ3) is 3.21. The van der Waals surface area contributed by atoms with Gasteiger partial charge in [-0.2, -0.15) is 5.26 Å². The fourth-order valence-electron chi connectivity index (χ4n) is 1.98. The van der Waals surface area contributed by atoms with Crippen LogP contribution in [0.4, 0.5) is 0 Å². The first kappa shape index (κ1) is 11.9. The van der Waals surface area contributed by atoms with Crippen molar-refractivity contribution < 1.29 is 9.47 Å². The maximum Gasteiger partial charge on any atom is 0.119 e. The normalized spacial score (nSPS) is 19.6. The van der Waals surface area contributed by atoms with Crippen molar-refractivity contribution in [3.63, 3.8) is 0 Å². The molecule has 0 saturated carbocycles. The standard InChI is InChI=1S/C14H17NO2/c1-11-8-13(6-5-12(11)9-15)17-10-14-4-2-3-7-16-14/h5-6,8,14H,2-4,7,10H2,1H3. The lowest BCUT2D eigenvalue weighted by Crippen LogP contribution is -2.25. The van der Waals surface area contributed by atoms with Gasteiger partial charge in [-0.3, -0.25) is 0 Å². The van der Waals surface area contributed by atoms with Gasteiger partial charge < -0.3 is 9.47 Å². The Hall–Kier alpha value is -1.53. The highest BCUT2D eigenvalue weighted by Crippen LogP contribution is 2.19. The van der Waals surface area contributed by atoms with Crippen LogP contribution in [0.25, 0.3) is 0 Å². The van der Waals surface area contributed by atoms with Crippen molar-refractivity contribution in [3.8, 4) is 11.8 Å². The van der Waals surface area contributed by atoms with Gasteiger partial charge in [0.05, 0.1) is 17.7 Å². The lowest BCUT2D eigenvalue weighted by molar-refractivity contribution is -0.0110.